The summed E-state index contributed by atoms with van der Waals surface area (Å²) in [7, 11) is 3.20. The number of aryl methyl sites for hydroxylation is 3. The predicted octanol–water partition coefficient (Wildman–Crippen LogP) is 4.83. The number of rotatable bonds is 8. The van der Waals surface area contributed by atoms with Gasteiger partial charge >= 0.3 is 0 Å². The lowest BCUT2D eigenvalue weighted by molar-refractivity contribution is -0.116. The van der Waals surface area contributed by atoms with Crippen LogP contribution in [0.1, 0.15) is 23.4 Å². The highest BCUT2D eigenvalue weighted by Gasteiger charge is 2.11. The molecule has 0 aliphatic carbocycles. The molecule has 6 nitrogen and oxygen atoms in total. The van der Waals surface area contributed by atoms with Gasteiger partial charge in [-0.2, -0.15) is 0 Å². The first-order valence-corrected chi connectivity index (χ1v) is 10.4. The summed E-state index contributed by atoms with van der Waals surface area (Å²) < 4.78 is 10.7. The van der Waals surface area contributed by atoms with E-state index in [2.05, 4.69) is 15.3 Å². The van der Waals surface area contributed by atoms with Gasteiger partial charge in [-0.15, -0.1) is 0 Å². The molecule has 156 valence electrons. The van der Waals surface area contributed by atoms with Crippen molar-refractivity contribution in [2.45, 2.75) is 36.7 Å². The number of methoxy groups -OCH3 is 2. The number of ether oxygens (including phenoxy) is 2. The zero-order valence-corrected chi connectivity index (χ0v) is 18.4. The average molecular weight is 424 g/mol. The van der Waals surface area contributed by atoms with Gasteiger partial charge in [0.2, 0.25) is 5.91 Å². The summed E-state index contributed by atoms with van der Waals surface area (Å²) in [5.74, 6) is 1.27. The molecule has 30 heavy (non-hydrogen) atoms. The van der Waals surface area contributed by atoms with E-state index in [1.165, 1.54) is 11.8 Å². The van der Waals surface area contributed by atoms with Crippen molar-refractivity contribution in [3.63, 3.8) is 0 Å². The highest BCUT2D eigenvalue weighted by Crippen LogP contribution is 2.31. The second kappa shape index (κ2) is 10.1. The van der Waals surface area contributed by atoms with Crippen LogP contribution in [0.4, 0.5) is 5.69 Å². The van der Waals surface area contributed by atoms with Gasteiger partial charge in [-0.3, -0.25) is 4.79 Å². The first kappa shape index (κ1) is 21.6. The second-order valence-electron chi connectivity index (χ2n) is 6.76. The molecule has 1 N–H and O–H groups in total. The molecule has 3 aromatic rings. The number of nitrogens with one attached hydrogen (secondary N) is 1. The molecule has 0 saturated heterocycles. The lowest BCUT2D eigenvalue weighted by atomic mass is 10.1. The molecule has 1 aromatic heterocycles. The molecule has 2 aromatic carbocycles. The third-order valence-corrected chi connectivity index (χ3v) is 5.29. The largest absolute Gasteiger partial charge is 0.493 e. The Bertz CT molecular complexity index is 1000. The highest BCUT2D eigenvalue weighted by atomic mass is 32.2. The molecule has 0 unspecified atom stereocenters. The summed E-state index contributed by atoms with van der Waals surface area (Å²) in [5.41, 5.74) is 3.58. The number of para-hydroxylation sites is 1. The summed E-state index contributed by atoms with van der Waals surface area (Å²) >= 11 is 1.50. The normalized spacial score (nSPS) is 10.5. The summed E-state index contributed by atoms with van der Waals surface area (Å²) in [6, 6.07) is 15.3. The third kappa shape index (κ3) is 5.73. The summed E-state index contributed by atoms with van der Waals surface area (Å²) in [6.45, 7) is 3.91. The molecule has 7 heteroatoms. The zero-order chi connectivity index (χ0) is 21.5. The van der Waals surface area contributed by atoms with Gasteiger partial charge in [0.1, 0.15) is 0 Å². The number of hydrogen-bond acceptors (Lipinski definition) is 6. The highest BCUT2D eigenvalue weighted by molar-refractivity contribution is 7.99. The van der Waals surface area contributed by atoms with E-state index in [4.69, 9.17) is 9.47 Å². The number of anilines is 1. The fourth-order valence-corrected chi connectivity index (χ4v) is 3.94. The SMILES string of the molecule is COc1cccc(CCC(=O)Nc2ccc(Sc3nc(C)cc(C)n3)cc2)c1OC. The Balaban J connectivity index is 1.57. The zero-order valence-electron chi connectivity index (χ0n) is 17.6. The number of nitrogens with zero attached hydrogens (tertiary/aromatic N) is 2. The van der Waals surface area contributed by atoms with Gasteiger partial charge in [-0.1, -0.05) is 12.1 Å². The van der Waals surface area contributed by atoms with Gasteiger partial charge in [0, 0.05) is 28.4 Å². The number of aromatic nitrogens is 2. The van der Waals surface area contributed by atoms with Crippen molar-refractivity contribution in [2.75, 3.05) is 19.5 Å². The lowest BCUT2D eigenvalue weighted by Crippen LogP contribution is -2.12. The van der Waals surface area contributed by atoms with E-state index >= 15 is 0 Å². The molecule has 0 fully saturated rings. The summed E-state index contributed by atoms with van der Waals surface area (Å²) in [5, 5.41) is 3.66. The van der Waals surface area contributed by atoms with Gasteiger partial charge in [-0.05, 0) is 74.0 Å². The molecule has 3 rings (SSSR count). The van der Waals surface area contributed by atoms with Crippen molar-refractivity contribution in [3.8, 4) is 11.5 Å². The van der Waals surface area contributed by atoms with Crippen LogP contribution in [0, 0.1) is 13.8 Å². The Morgan fingerprint density at radius 1 is 1.00 bits per heavy atom. The topological polar surface area (TPSA) is 73.3 Å². The molecule has 0 atom stereocenters. The summed E-state index contributed by atoms with van der Waals surface area (Å²) in [4.78, 5) is 22.3. The predicted molar refractivity (Wildman–Crippen MR) is 119 cm³/mol. The van der Waals surface area contributed by atoms with E-state index in [1.807, 2.05) is 62.4 Å². The van der Waals surface area contributed by atoms with Crippen LogP contribution < -0.4 is 14.8 Å². The molecule has 0 aliphatic heterocycles. The van der Waals surface area contributed by atoms with Crippen LogP contribution in [-0.4, -0.2) is 30.1 Å². The van der Waals surface area contributed by atoms with E-state index < -0.39 is 0 Å². The van der Waals surface area contributed by atoms with Crippen molar-refractivity contribution in [2.24, 2.45) is 0 Å². The Labute approximate surface area is 181 Å². The van der Waals surface area contributed by atoms with Gasteiger partial charge in [0.05, 0.1) is 14.2 Å². The van der Waals surface area contributed by atoms with E-state index in [9.17, 15) is 4.79 Å². The first-order chi connectivity index (χ1) is 14.5. The number of hydrogen-bond donors (Lipinski definition) is 1. The van der Waals surface area contributed by atoms with Crippen LogP contribution >= 0.6 is 11.8 Å². The number of benzene rings is 2. The van der Waals surface area contributed by atoms with Crippen molar-refractivity contribution >= 4 is 23.4 Å². The summed E-state index contributed by atoms with van der Waals surface area (Å²) in [6.07, 6.45) is 0.903. The molecule has 0 aliphatic rings. The van der Waals surface area contributed by atoms with Crippen molar-refractivity contribution in [1.29, 1.82) is 0 Å². The molecule has 0 radical (unpaired) electrons. The smallest absolute Gasteiger partial charge is 0.224 e. The van der Waals surface area contributed by atoms with Gasteiger partial charge in [0.15, 0.2) is 16.7 Å². The maximum Gasteiger partial charge on any atom is 0.224 e. The van der Waals surface area contributed by atoms with Crippen LogP contribution in [0.2, 0.25) is 0 Å². The van der Waals surface area contributed by atoms with Crippen LogP contribution in [-0.2, 0) is 11.2 Å². The monoisotopic (exact) mass is 423 g/mol. The van der Waals surface area contributed by atoms with E-state index in [-0.39, 0.29) is 5.91 Å². The first-order valence-electron chi connectivity index (χ1n) is 9.58. The minimum Gasteiger partial charge on any atom is -0.493 e. The Kier molecular flexibility index (Phi) is 7.30. The maximum absolute atomic E-state index is 12.4. The van der Waals surface area contributed by atoms with Gasteiger partial charge in [0.25, 0.3) is 0 Å². The molecular weight excluding hydrogens is 398 g/mol. The molecule has 1 heterocycles. The van der Waals surface area contributed by atoms with E-state index in [0.717, 1.165) is 32.7 Å². The Morgan fingerprint density at radius 3 is 2.33 bits per heavy atom. The fraction of sp³-hybridized carbons (Fsp3) is 0.261. The van der Waals surface area contributed by atoms with Crippen molar-refractivity contribution in [1.82, 2.24) is 9.97 Å². The maximum atomic E-state index is 12.4. The Morgan fingerprint density at radius 2 is 1.70 bits per heavy atom. The van der Waals surface area contributed by atoms with Crippen LogP contribution in [0.15, 0.2) is 58.6 Å². The average Bonchev–Trinajstić information content (AvgIpc) is 2.72. The van der Waals surface area contributed by atoms with Crippen LogP contribution in [0.5, 0.6) is 11.5 Å². The van der Waals surface area contributed by atoms with Crippen LogP contribution in [0.3, 0.4) is 0 Å². The minimum atomic E-state index is -0.0575. The van der Waals surface area contributed by atoms with Gasteiger partial charge < -0.3 is 14.8 Å². The molecule has 1 amide bonds. The van der Waals surface area contributed by atoms with Gasteiger partial charge in [-0.25, -0.2) is 9.97 Å². The molecular formula is C23H25N3O3S. The number of carbonyl (C=O) groups excluding carboxylic acids is 1. The third-order valence-electron chi connectivity index (χ3n) is 4.41. The second-order valence-corrected chi connectivity index (χ2v) is 7.80. The van der Waals surface area contributed by atoms with E-state index in [1.54, 1.807) is 14.2 Å². The number of carbonyl (C=O) groups is 1. The molecule has 0 bridgehead atoms. The quantitative estimate of drug-likeness (QED) is 0.523. The fourth-order valence-electron chi connectivity index (χ4n) is 3.07. The molecule has 0 spiro atoms. The Hall–Kier alpha value is -3.06. The standard InChI is InChI=1S/C23H25N3O3S/c1-15-14-16(2)25-23(24-15)30-19-11-9-18(10-12-19)26-21(27)13-8-17-6-5-7-20(28-3)22(17)29-4/h5-7,9-12,14H,8,13H2,1-4H3,(H,26,27). The van der Waals surface area contributed by atoms with Crippen molar-refractivity contribution in [3.05, 3.63) is 65.5 Å². The van der Waals surface area contributed by atoms with Crippen molar-refractivity contribution < 1.29 is 14.3 Å². The number of amides is 1. The minimum absolute atomic E-state index is 0.0575. The lowest BCUT2D eigenvalue weighted by Gasteiger charge is -2.12. The van der Waals surface area contributed by atoms with Crippen LogP contribution in [0.25, 0.3) is 0 Å². The molecule has 0 saturated carbocycles. The van der Waals surface area contributed by atoms with E-state index in [0.29, 0.717) is 24.3 Å².